The fourth-order valence-corrected chi connectivity index (χ4v) is 1.91. The van der Waals surface area contributed by atoms with Gasteiger partial charge < -0.3 is 9.64 Å². The Morgan fingerprint density at radius 1 is 1.21 bits per heavy atom. The molecule has 1 saturated heterocycles. The number of piperidine rings is 1. The summed E-state index contributed by atoms with van der Waals surface area (Å²) in [4.78, 5) is 36.8. The summed E-state index contributed by atoms with van der Waals surface area (Å²) in [6.45, 7) is 7.64. The molecule has 1 aliphatic heterocycles. The predicted molar refractivity (Wildman–Crippen MR) is 70.4 cm³/mol. The minimum absolute atomic E-state index is 0.115. The number of ketones is 1. The van der Waals surface area contributed by atoms with Gasteiger partial charge in [0.1, 0.15) is 6.61 Å². The average Bonchev–Trinajstić information content (AvgIpc) is 2.44. The number of hydrogen-bond acceptors (Lipinski definition) is 4. The number of nitrogens with zero attached hydrogens (tertiary/aromatic N) is 1. The van der Waals surface area contributed by atoms with E-state index in [0.717, 1.165) is 25.3 Å². The van der Waals surface area contributed by atoms with Crippen molar-refractivity contribution in [2.45, 2.75) is 33.1 Å². The lowest BCUT2D eigenvalue weighted by atomic mass is 9.88. The van der Waals surface area contributed by atoms with Gasteiger partial charge in [0.25, 0.3) is 5.91 Å². The van der Waals surface area contributed by atoms with E-state index in [4.69, 9.17) is 4.74 Å². The number of amides is 1. The van der Waals surface area contributed by atoms with Crippen LogP contribution in [0.4, 0.5) is 0 Å². The van der Waals surface area contributed by atoms with Crippen LogP contribution in [0.1, 0.15) is 33.1 Å². The number of Topliss-reactive ketones (excluding diaryl/α,β-unsaturated/α-hetero) is 1. The first kappa shape index (κ1) is 15.4. The number of likely N-dealkylation sites (tertiary alicyclic amines) is 1. The SMILES string of the molecule is C=CC(=O)OCC(C)(C)C(=O)C(=O)N1CCCCC1. The zero-order chi connectivity index (χ0) is 14.5. The molecule has 1 amide bonds. The van der Waals surface area contributed by atoms with Crippen molar-refractivity contribution >= 4 is 17.7 Å². The van der Waals surface area contributed by atoms with E-state index in [1.54, 1.807) is 18.7 Å². The third-order valence-electron chi connectivity index (χ3n) is 3.19. The Labute approximate surface area is 113 Å². The van der Waals surface area contributed by atoms with Crippen molar-refractivity contribution in [1.82, 2.24) is 4.90 Å². The second kappa shape index (κ2) is 6.50. The molecule has 0 aromatic heterocycles. The lowest BCUT2D eigenvalue weighted by Gasteiger charge is -2.29. The fourth-order valence-electron chi connectivity index (χ4n) is 1.91. The molecule has 1 aliphatic rings. The number of carbonyl (C=O) groups is 3. The van der Waals surface area contributed by atoms with Crippen LogP contribution in [0.5, 0.6) is 0 Å². The van der Waals surface area contributed by atoms with Crippen molar-refractivity contribution in [2.24, 2.45) is 5.41 Å². The zero-order valence-corrected chi connectivity index (χ0v) is 11.6. The van der Waals surface area contributed by atoms with E-state index in [0.29, 0.717) is 13.1 Å². The van der Waals surface area contributed by atoms with Gasteiger partial charge in [-0.3, -0.25) is 9.59 Å². The average molecular weight is 267 g/mol. The number of carbonyl (C=O) groups excluding carboxylic acids is 3. The van der Waals surface area contributed by atoms with Crippen molar-refractivity contribution in [3.8, 4) is 0 Å². The van der Waals surface area contributed by atoms with Crippen LogP contribution in [0, 0.1) is 5.41 Å². The molecular formula is C14H21NO4. The molecule has 0 saturated carbocycles. The fraction of sp³-hybridized carbons (Fsp3) is 0.643. The van der Waals surface area contributed by atoms with Crippen molar-refractivity contribution in [1.29, 1.82) is 0 Å². The summed E-state index contributed by atoms with van der Waals surface area (Å²) in [7, 11) is 0. The van der Waals surface area contributed by atoms with Gasteiger partial charge in [-0.2, -0.15) is 0 Å². The summed E-state index contributed by atoms with van der Waals surface area (Å²) in [6.07, 6.45) is 4.00. The van der Waals surface area contributed by atoms with E-state index >= 15 is 0 Å². The minimum atomic E-state index is -1.01. The van der Waals surface area contributed by atoms with Gasteiger partial charge in [-0.1, -0.05) is 6.58 Å². The lowest BCUT2D eigenvalue weighted by molar-refractivity contribution is -0.154. The molecular weight excluding hydrogens is 246 g/mol. The smallest absolute Gasteiger partial charge is 0.330 e. The largest absolute Gasteiger partial charge is 0.461 e. The van der Waals surface area contributed by atoms with Gasteiger partial charge in [0, 0.05) is 19.2 Å². The highest BCUT2D eigenvalue weighted by molar-refractivity contribution is 6.38. The van der Waals surface area contributed by atoms with Crippen molar-refractivity contribution in [2.75, 3.05) is 19.7 Å². The van der Waals surface area contributed by atoms with E-state index in [2.05, 4.69) is 6.58 Å². The molecule has 0 aromatic carbocycles. The minimum Gasteiger partial charge on any atom is -0.461 e. The normalized spacial score (nSPS) is 15.8. The van der Waals surface area contributed by atoms with Gasteiger partial charge in [0.2, 0.25) is 5.78 Å². The van der Waals surface area contributed by atoms with Gasteiger partial charge in [0.15, 0.2) is 0 Å². The van der Waals surface area contributed by atoms with E-state index in [9.17, 15) is 14.4 Å². The van der Waals surface area contributed by atoms with Crippen LogP contribution in [0.2, 0.25) is 0 Å². The molecule has 1 fully saturated rings. The van der Waals surface area contributed by atoms with Gasteiger partial charge in [0.05, 0.1) is 5.41 Å². The van der Waals surface area contributed by atoms with Crippen LogP contribution in [-0.4, -0.2) is 42.3 Å². The first-order valence-electron chi connectivity index (χ1n) is 6.51. The molecule has 1 rings (SSSR count). The molecule has 0 N–H and O–H groups in total. The van der Waals surface area contributed by atoms with E-state index in [1.807, 2.05) is 0 Å². The number of esters is 1. The van der Waals surface area contributed by atoms with Gasteiger partial charge in [-0.25, -0.2) is 4.79 Å². The van der Waals surface area contributed by atoms with E-state index < -0.39 is 23.1 Å². The molecule has 0 aromatic rings. The van der Waals surface area contributed by atoms with Crippen molar-refractivity contribution in [3.05, 3.63) is 12.7 Å². The predicted octanol–water partition coefficient (Wildman–Crippen LogP) is 1.32. The molecule has 106 valence electrons. The number of rotatable bonds is 5. The number of ether oxygens (including phenoxy) is 1. The van der Waals surface area contributed by atoms with Crippen LogP contribution >= 0.6 is 0 Å². The van der Waals surface area contributed by atoms with Gasteiger partial charge >= 0.3 is 5.97 Å². The molecule has 0 atom stereocenters. The second-order valence-corrected chi connectivity index (χ2v) is 5.38. The van der Waals surface area contributed by atoms with Crippen molar-refractivity contribution in [3.63, 3.8) is 0 Å². The maximum Gasteiger partial charge on any atom is 0.330 e. The molecule has 0 unspecified atom stereocenters. The third-order valence-corrected chi connectivity index (χ3v) is 3.19. The topological polar surface area (TPSA) is 63.7 Å². The Morgan fingerprint density at radius 2 is 1.79 bits per heavy atom. The van der Waals surface area contributed by atoms with Crippen LogP contribution in [0.25, 0.3) is 0 Å². The monoisotopic (exact) mass is 267 g/mol. The third kappa shape index (κ3) is 4.19. The summed E-state index contributed by atoms with van der Waals surface area (Å²) in [5.41, 5.74) is -1.01. The van der Waals surface area contributed by atoms with E-state index in [-0.39, 0.29) is 6.61 Å². The zero-order valence-electron chi connectivity index (χ0n) is 11.6. The van der Waals surface area contributed by atoms with Crippen molar-refractivity contribution < 1.29 is 19.1 Å². The Kier molecular flexibility index (Phi) is 5.27. The molecule has 0 spiro atoms. The Hall–Kier alpha value is -1.65. The Morgan fingerprint density at radius 3 is 2.32 bits per heavy atom. The highest BCUT2D eigenvalue weighted by Crippen LogP contribution is 2.20. The Bertz CT molecular complexity index is 381. The first-order valence-corrected chi connectivity index (χ1v) is 6.51. The summed E-state index contributed by atoms with van der Waals surface area (Å²) in [5, 5.41) is 0. The summed E-state index contributed by atoms with van der Waals surface area (Å²) < 4.78 is 4.87. The second-order valence-electron chi connectivity index (χ2n) is 5.38. The van der Waals surface area contributed by atoms with Crippen LogP contribution < -0.4 is 0 Å². The molecule has 5 nitrogen and oxygen atoms in total. The van der Waals surface area contributed by atoms with Crippen LogP contribution in [-0.2, 0) is 19.1 Å². The Balaban J connectivity index is 2.60. The lowest BCUT2D eigenvalue weighted by Crippen LogP contribution is -2.46. The van der Waals surface area contributed by atoms with Crippen LogP contribution in [0.3, 0.4) is 0 Å². The molecule has 19 heavy (non-hydrogen) atoms. The first-order chi connectivity index (χ1) is 8.88. The molecule has 0 bridgehead atoms. The summed E-state index contributed by atoms with van der Waals surface area (Å²) >= 11 is 0. The maximum absolute atomic E-state index is 12.2. The molecule has 1 heterocycles. The van der Waals surface area contributed by atoms with Gasteiger partial charge in [-0.15, -0.1) is 0 Å². The summed E-state index contributed by atoms with van der Waals surface area (Å²) in [5.74, 6) is -1.57. The highest BCUT2D eigenvalue weighted by Gasteiger charge is 2.37. The van der Waals surface area contributed by atoms with E-state index in [1.165, 1.54) is 0 Å². The van der Waals surface area contributed by atoms with Gasteiger partial charge in [-0.05, 0) is 33.1 Å². The molecule has 5 heteroatoms. The summed E-state index contributed by atoms with van der Waals surface area (Å²) in [6, 6.07) is 0. The van der Waals surface area contributed by atoms with Crippen LogP contribution in [0.15, 0.2) is 12.7 Å². The highest BCUT2D eigenvalue weighted by atomic mass is 16.5. The standard InChI is InChI=1S/C14H21NO4/c1-4-11(16)19-10-14(2,3)12(17)13(18)15-8-6-5-7-9-15/h4H,1,5-10H2,2-3H3. The number of hydrogen-bond donors (Lipinski definition) is 0. The maximum atomic E-state index is 12.2. The molecule has 0 aliphatic carbocycles. The quantitative estimate of drug-likeness (QED) is 0.428. The molecule has 0 radical (unpaired) electrons.